The van der Waals surface area contributed by atoms with Gasteiger partial charge in [0.1, 0.15) is 5.65 Å². The Labute approximate surface area is 134 Å². The number of ketones is 1. The number of anilines is 1. The van der Waals surface area contributed by atoms with Crippen LogP contribution in [0, 0.1) is 6.92 Å². The molecule has 6 heteroatoms. The Bertz CT molecular complexity index is 873. The van der Waals surface area contributed by atoms with Gasteiger partial charge in [0, 0.05) is 33.5 Å². The van der Waals surface area contributed by atoms with Crippen molar-refractivity contribution in [3.8, 4) is 0 Å². The predicted octanol–water partition coefficient (Wildman–Crippen LogP) is 4.10. The first-order chi connectivity index (χ1) is 9.99. The number of nitrogens with zero attached hydrogens (tertiary/aromatic N) is 1. The van der Waals surface area contributed by atoms with Gasteiger partial charge in [0.15, 0.2) is 5.78 Å². The van der Waals surface area contributed by atoms with Crippen molar-refractivity contribution in [3.05, 3.63) is 56.8 Å². The second-order valence-corrected chi connectivity index (χ2v) is 6.04. The first-order valence-corrected chi connectivity index (χ1v) is 7.38. The number of pyridine rings is 1. The number of fused-ring (bicyclic) bond motifs is 1. The van der Waals surface area contributed by atoms with Crippen LogP contribution in [0.4, 0.5) is 5.69 Å². The summed E-state index contributed by atoms with van der Waals surface area (Å²) in [6.07, 6.45) is 3.22. The summed E-state index contributed by atoms with van der Waals surface area (Å²) < 4.78 is 0.762. The minimum absolute atomic E-state index is 0.137. The molecule has 0 bridgehead atoms. The summed E-state index contributed by atoms with van der Waals surface area (Å²) in [5.41, 5.74) is 8.86. The number of H-pyrrole nitrogens is 1. The SMILES string of the molecule is Cc1c(N)cc(Br)cc1C(=O)c1c[nH]c2nccc(Cl)c12. The zero-order valence-corrected chi connectivity index (χ0v) is 13.4. The summed E-state index contributed by atoms with van der Waals surface area (Å²) in [6, 6.07) is 5.20. The number of hydrogen-bond acceptors (Lipinski definition) is 3. The van der Waals surface area contributed by atoms with Crippen molar-refractivity contribution in [2.24, 2.45) is 0 Å². The molecule has 0 amide bonds. The molecule has 0 atom stereocenters. The van der Waals surface area contributed by atoms with Gasteiger partial charge in [-0.3, -0.25) is 4.79 Å². The van der Waals surface area contributed by atoms with Crippen LogP contribution in [-0.4, -0.2) is 15.8 Å². The number of aromatic amines is 1. The Morgan fingerprint density at radius 2 is 2.14 bits per heavy atom. The van der Waals surface area contributed by atoms with E-state index in [-0.39, 0.29) is 5.78 Å². The first kappa shape index (κ1) is 14.1. The Morgan fingerprint density at radius 1 is 1.38 bits per heavy atom. The number of nitrogens with two attached hydrogens (primary N) is 1. The topological polar surface area (TPSA) is 71.8 Å². The summed E-state index contributed by atoms with van der Waals surface area (Å²) in [5.74, 6) is -0.137. The second kappa shape index (κ2) is 5.16. The summed E-state index contributed by atoms with van der Waals surface area (Å²) in [5, 5.41) is 1.12. The number of benzene rings is 1. The third kappa shape index (κ3) is 2.32. The third-order valence-electron chi connectivity index (χ3n) is 3.42. The summed E-state index contributed by atoms with van der Waals surface area (Å²) in [7, 11) is 0. The average molecular weight is 365 g/mol. The van der Waals surface area contributed by atoms with Gasteiger partial charge in [-0.1, -0.05) is 27.5 Å². The number of hydrogen-bond donors (Lipinski definition) is 2. The molecular weight excluding hydrogens is 354 g/mol. The van der Waals surface area contributed by atoms with Gasteiger partial charge in [0.05, 0.1) is 10.6 Å². The van der Waals surface area contributed by atoms with Gasteiger partial charge >= 0.3 is 0 Å². The maximum Gasteiger partial charge on any atom is 0.195 e. The van der Waals surface area contributed by atoms with Crippen LogP contribution in [0.2, 0.25) is 5.02 Å². The van der Waals surface area contributed by atoms with Gasteiger partial charge in [0.25, 0.3) is 0 Å². The van der Waals surface area contributed by atoms with E-state index >= 15 is 0 Å². The molecule has 0 radical (unpaired) electrons. The van der Waals surface area contributed by atoms with Crippen molar-refractivity contribution in [2.45, 2.75) is 6.92 Å². The monoisotopic (exact) mass is 363 g/mol. The number of aromatic nitrogens is 2. The molecule has 0 fully saturated rings. The molecule has 0 aliphatic rings. The average Bonchev–Trinajstić information content (AvgIpc) is 2.87. The number of nitrogens with one attached hydrogen (secondary N) is 1. The third-order valence-corrected chi connectivity index (χ3v) is 4.20. The van der Waals surface area contributed by atoms with Crippen LogP contribution >= 0.6 is 27.5 Å². The van der Waals surface area contributed by atoms with Gasteiger partial charge in [-0.25, -0.2) is 4.98 Å². The van der Waals surface area contributed by atoms with Crippen molar-refractivity contribution < 1.29 is 4.79 Å². The minimum Gasteiger partial charge on any atom is -0.398 e. The summed E-state index contributed by atoms with van der Waals surface area (Å²) in [4.78, 5) is 20.0. The fraction of sp³-hybridized carbons (Fsp3) is 0.0667. The lowest BCUT2D eigenvalue weighted by Gasteiger charge is -2.08. The smallest absolute Gasteiger partial charge is 0.195 e. The quantitative estimate of drug-likeness (QED) is 0.531. The van der Waals surface area contributed by atoms with E-state index in [0.29, 0.717) is 32.9 Å². The summed E-state index contributed by atoms with van der Waals surface area (Å²) >= 11 is 9.56. The lowest BCUT2D eigenvalue weighted by Crippen LogP contribution is -2.05. The van der Waals surface area contributed by atoms with Gasteiger partial charge in [-0.15, -0.1) is 0 Å². The molecule has 106 valence electrons. The van der Waals surface area contributed by atoms with Crippen LogP contribution in [0.25, 0.3) is 11.0 Å². The van der Waals surface area contributed by atoms with Crippen LogP contribution in [0.3, 0.4) is 0 Å². The zero-order valence-electron chi connectivity index (χ0n) is 11.1. The highest BCUT2D eigenvalue weighted by Gasteiger charge is 2.19. The molecule has 2 heterocycles. The van der Waals surface area contributed by atoms with E-state index in [4.69, 9.17) is 17.3 Å². The van der Waals surface area contributed by atoms with Crippen LogP contribution in [0.5, 0.6) is 0 Å². The normalized spacial score (nSPS) is 11.0. The molecule has 3 aromatic rings. The Hall–Kier alpha value is -1.85. The fourth-order valence-corrected chi connectivity index (χ4v) is 3.00. The molecule has 3 N–H and O–H groups in total. The number of carbonyl (C=O) groups excluding carboxylic acids is 1. The lowest BCUT2D eigenvalue weighted by atomic mass is 9.98. The highest BCUT2D eigenvalue weighted by atomic mass is 79.9. The molecule has 0 aliphatic heterocycles. The van der Waals surface area contributed by atoms with E-state index in [1.54, 1.807) is 30.6 Å². The standard InChI is InChI=1S/C15H11BrClN3O/c1-7-9(4-8(16)5-12(7)18)14(21)10-6-20-15-13(10)11(17)2-3-19-15/h2-6H,18H2,1H3,(H,19,20). The van der Waals surface area contributed by atoms with Crippen LogP contribution < -0.4 is 5.73 Å². The minimum atomic E-state index is -0.137. The van der Waals surface area contributed by atoms with E-state index in [2.05, 4.69) is 25.9 Å². The molecule has 21 heavy (non-hydrogen) atoms. The Kier molecular flexibility index (Phi) is 3.47. The van der Waals surface area contributed by atoms with E-state index in [1.807, 2.05) is 6.92 Å². The Balaban J connectivity index is 2.22. The van der Waals surface area contributed by atoms with Crippen LogP contribution in [-0.2, 0) is 0 Å². The number of rotatable bonds is 2. The predicted molar refractivity (Wildman–Crippen MR) is 87.8 cm³/mol. The number of halogens is 2. The molecule has 0 saturated heterocycles. The largest absolute Gasteiger partial charge is 0.398 e. The van der Waals surface area contributed by atoms with E-state index in [1.165, 1.54) is 0 Å². The zero-order chi connectivity index (χ0) is 15.1. The van der Waals surface area contributed by atoms with Crippen molar-refractivity contribution in [2.75, 3.05) is 5.73 Å². The number of carbonyl (C=O) groups is 1. The van der Waals surface area contributed by atoms with Crippen molar-refractivity contribution in [3.63, 3.8) is 0 Å². The maximum atomic E-state index is 12.8. The van der Waals surface area contributed by atoms with Gasteiger partial charge in [-0.05, 0) is 30.7 Å². The first-order valence-electron chi connectivity index (χ1n) is 6.21. The van der Waals surface area contributed by atoms with Gasteiger partial charge < -0.3 is 10.7 Å². The van der Waals surface area contributed by atoms with Crippen LogP contribution in [0.15, 0.2) is 35.1 Å². The highest BCUT2D eigenvalue weighted by molar-refractivity contribution is 9.10. The van der Waals surface area contributed by atoms with Crippen molar-refractivity contribution in [1.29, 1.82) is 0 Å². The molecular formula is C15H11BrClN3O. The van der Waals surface area contributed by atoms with Gasteiger partial charge in [-0.2, -0.15) is 0 Å². The molecule has 2 aromatic heterocycles. The number of nitrogen functional groups attached to an aromatic ring is 1. The molecule has 0 aliphatic carbocycles. The van der Waals surface area contributed by atoms with Crippen LogP contribution in [0.1, 0.15) is 21.5 Å². The molecule has 0 spiro atoms. The van der Waals surface area contributed by atoms with E-state index in [0.717, 1.165) is 10.0 Å². The second-order valence-electron chi connectivity index (χ2n) is 4.72. The van der Waals surface area contributed by atoms with Crippen molar-refractivity contribution in [1.82, 2.24) is 9.97 Å². The van der Waals surface area contributed by atoms with E-state index < -0.39 is 0 Å². The van der Waals surface area contributed by atoms with Crippen molar-refractivity contribution >= 4 is 50.0 Å². The molecule has 4 nitrogen and oxygen atoms in total. The summed E-state index contributed by atoms with van der Waals surface area (Å²) in [6.45, 7) is 1.82. The molecule has 1 aromatic carbocycles. The Morgan fingerprint density at radius 3 is 2.90 bits per heavy atom. The molecule has 0 unspecified atom stereocenters. The molecule has 3 rings (SSSR count). The maximum absolute atomic E-state index is 12.8. The fourth-order valence-electron chi connectivity index (χ4n) is 2.28. The van der Waals surface area contributed by atoms with Gasteiger partial charge in [0.2, 0.25) is 0 Å². The highest BCUT2D eigenvalue weighted by Crippen LogP contribution is 2.30. The van der Waals surface area contributed by atoms with E-state index in [9.17, 15) is 4.79 Å². The lowest BCUT2D eigenvalue weighted by molar-refractivity contribution is 0.103. The molecule has 0 saturated carbocycles.